The number of likely N-dealkylation sites (tertiary alicyclic amines) is 1. The molecule has 6 nitrogen and oxygen atoms in total. The van der Waals surface area contributed by atoms with Crippen LogP contribution in [0.4, 0.5) is 0 Å². The maximum atomic E-state index is 12.7. The van der Waals surface area contributed by atoms with Crippen molar-refractivity contribution in [1.29, 1.82) is 0 Å². The summed E-state index contributed by atoms with van der Waals surface area (Å²) < 4.78 is 0. The fourth-order valence-electron chi connectivity index (χ4n) is 3.59. The molecule has 0 bridgehead atoms. The number of halogens is 1. The van der Waals surface area contributed by atoms with Gasteiger partial charge in [-0.25, -0.2) is 10.5 Å². The zero-order chi connectivity index (χ0) is 20.6. The largest absolute Gasteiger partial charge is 0.339 e. The van der Waals surface area contributed by atoms with Crippen molar-refractivity contribution in [2.45, 2.75) is 25.7 Å². The van der Waals surface area contributed by atoms with Crippen LogP contribution in [0.1, 0.15) is 41.3 Å². The van der Waals surface area contributed by atoms with Gasteiger partial charge in [-0.3, -0.25) is 14.8 Å². The summed E-state index contributed by atoms with van der Waals surface area (Å²) in [6, 6.07) is 13.7. The Labute approximate surface area is 182 Å². The normalized spacial score (nSPS) is 16.5. The van der Waals surface area contributed by atoms with Crippen LogP contribution in [0.15, 0.2) is 54.6 Å². The minimum atomic E-state index is -0.628. The monoisotopic (exact) mass is 427 g/mol. The number of pyridine rings is 1. The van der Waals surface area contributed by atoms with E-state index in [1.165, 1.54) is 28.8 Å². The fourth-order valence-corrected chi connectivity index (χ4v) is 3.59. The molecule has 1 unspecified atom stereocenters. The molecule has 0 saturated carbocycles. The number of nitrogens with one attached hydrogen (secondary N) is 1. The van der Waals surface area contributed by atoms with Gasteiger partial charge in [-0.2, -0.15) is 0 Å². The maximum Gasteiger partial charge on any atom is 0.267 e. The van der Waals surface area contributed by atoms with Gasteiger partial charge in [0.2, 0.25) is 5.91 Å². The molecule has 0 aliphatic carbocycles. The predicted molar refractivity (Wildman–Crippen MR) is 119 cm³/mol. The van der Waals surface area contributed by atoms with E-state index in [0.717, 1.165) is 25.9 Å². The minimum Gasteiger partial charge on any atom is -0.339 e. The number of carbonyl (C=O) groups excluding carboxylic acids is 2. The van der Waals surface area contributed by atoms with Gasteiger partial charge in [-0.1, -0.05) is 30.3 Å². The summed E-state index contributed by atoms with van der Waals surface area (Å²) in [6.45, 7) is 3.60. The molecule has 2 N–H and O–H groups in total. The standard InChI is InChI=1S/C23H25N3O3.ClH/c1-17-6-2-3-10-21(17)18-7-5-15-26(16-18)23(28)14-12-20-9-4-8-19(24-20)11-13-22(27)25-29;/h2-4,6,8-14,18,29H,5,7,15-16H2,1H3,(H,25,27);1H. The quantitative estimate of drug-likeness (QED) is 0.432. The molecule has 2 heterocycles. The number of rotatable bonds is 5. The Hall–Kier alpha value is -2.96. The number of hydroxylamine groups is 1. The molecule has 1 atom stereocenters. The molecular weight excluding hydrogens is 402 g/mol. The highest BCUT2D eigenvalue weighted by Crippen LogP contribution is 2.29. The highest BCUT2D eigenvalue weighted by molar-refractivity contribution is 5.92. The van der Waals surface area contributed by atoms with Gasteiger partial charge in [-0.05, 0) is 55.2 Å². The van der Waals surface area contributed by atoms with Crippen LogP contribution in [-0.4, -0.2) is 40.0 Å². The van der Waals surface area contributed by atoms with Gasteiger partial charge in [0.05, 0.1) is 11.4 Å². The van der Waals surface area contributed by atoms with E-state index in [2.05, 4.69) is 30.1 Å². The Balaban J connectivity index is 0.00000320. The van der Waals surface area contributed by atoms with Crippen molar-refractivity contribution in [3.63, 3.8) is 0 Å². The molecule has 0 radical (unpaired) electrons. The molecule has 1 aliphatic heterocycles. The molecule has 1 saturated heterocycles. The number of hydrogen-bond acceptors (Lipinski definition) is 4. The molecule has 1 fully saturated rings. The van der Waals surface area contributed by atoms with Crippen LogP contribution in [0.25, 0.3) is 12.2 Å². The van der Waals surface area contributed by atoms with E-state index < -0.39 is 5.91 Å². The van der Waals surface area contributed by atoms with Crippen LogP contribution in [0.2, 0.25) is 0 Å². The molecule has 0 spiro atoms. The molecule has 1 aromatic heterocycles. The Morgan fingerprint density at radius 3 is 2.50 bits per heavy atom. The summed E-state index contributed by atoms with van der Waals surface area (Å²) in [6.07, 6.45) is 7.99. The Kier molecular flexibility index (Phi) is 8.77. The summed E-state index contributed by atoms with van der Waals surface area (Å²) in [4.78, 5) is 30.0. The first-order chi connectivity index (χ1) is 14.1. The van der Waals surface area contributed by atoms with Gasteiger partial charge >= 0.3 is 0 Å². The van der Waals surface area contributed by atoms with E-state index in [9.17, 15) is 9.59 Å². The third kappa shape index (κ3) is 6.27. The lowest BCUT2D eigenvalue weighted by Gasteiger charge is -2.33. The first-order valence-corrected chi connectivity index (χ1v) is 9.68. The lowest BCUT2D eigenvalue weighted by molar-refractivity contribution is -0.127. The summed E-state index contributed by atoms with van der Waals surface area (Å²) >= 11 is 0. The fraction of sp³-hybridized carbons (Fsp3) is 0.261. The molecule has 1 aliphatic rings. The van der Waals surface area contributed by atoms with Crippen LogP contribution in [0, 0.1) is 6.92 Å². The molecule has 30 heavy (non-hydrogen) atoms. The topological polar surface area (TPSA) is 82.5 Å². The van der Waals surface area contributed by atoms with Gasteiger partial charge in [0, 0.05) is 31.2 Å². The van der Waals surface area contributed by atoms with Crippen molar-refractivity contribution < 1.29 is 14.8 Å². The molecule has 1 aromatic carbocycles. The third-order valence-corrected chi connectivity index (χ3v) is 5.07. The number of aromatic nitrogens is 1. The number of benzene rings is 1. The summed E-state index contributed by atoms with van der Waals surface area (Å²) in [7, 11) is 0. The van der Waals surface area contributed by atoms with Crippen molar-refractivity contribution in [2.24, 2.45) is 0 Å². The second-order valence-electron chi connectivity index (χ2n) is 7.11. The molecule has 2 aromatic rings. The predicted octanol–water partition coefficient (Wildman–Crippen LogP) is 3.75. The van der Waals surface area contributed by atoms with Crippen LogP contribution in [0.5, 0.6) is 0 Å². The van der Waals surface area contributed by atoms with Crippen LogP contribution in [-0.2, 0) is 9.59 Å². The number of amides is 2. The highest BCUT2D eigenvalue weighted by atomic mass is 35.5. The van der Waals surface area contributed by atoms with E-state index in [0.29, 0.717) is 17.3 Å². The van der Waals surface area contributed by atoms with Gasteiger partial charge in [0.25, 0.3) is 5.91 Å². The molecular formula is C23H26ClN3O3. The highest BCUT2D eigenvalue weighted by Gasteiger charge is 2.24. The average Bonchev–Trinajstić information content (AvgIpc) is 2.76. The van der Waals surface area contributed by atoms with E-state index in [1.807, 2.05) is 11.0 Å². The van der Waals surface area contributed by atoms with Crippen LogP contribution >= 0.6 is 12.4 Å². The van der Waals surface area contributed by atoms with Crippen molar-refractivity contribution in [3.05, 3.63) is 77.1 Å². The zero-order valence-corrected chi connectivity index (χ0v) is 17.6. The summed E-state index contributed by atoms with van der Waals surface area (Å²) in [5.74, 6) is -0.284. The Bertz CT molecular complexity index is 943. The lowest BCUT2D eigenvalue weighted by atomic mass is 9.88. The van der Waals surface area contributed by atoms with Gasteiger partial charge in [0.1, 0.15) is 0 Å². The second-order valence-corrected chi connectivity index (χ2v) is 7.11. The van der Waals surface area contributed by atoms with Crippen molar-refractivity contribution in [2.75, 3.05) is 13.1 Å². The first kappa shape index (κ1) is 23.3. The van der Waals surface area contributed by atoms with Gasteiger partial charge < -0.3 is 4.90 Å². The first-order valence-electron chi connectivity index (χ1n) is 9.68. The van der Waals surface area contributed by atoms with E-state index in [1.54, 1.807) is 30.4 Å². The van der Waals surface area contributed by atoms with Crippen LogP contribution < -0.4 is 5.48 Å². The average molecular weight is 428 g/mol. The van der Waals surface area contributed by atoms with Gasteiger partial charge in [-0.15, -0.1) is 12.4 Å². The van der Waals surface area contributed by atoms with Crippen molar-refractivity contribution in [3.8, 4) is 0 Å². The molecule has 7 heteroatoms. The van der Waals surface area contributed by atoms with Crippen LogP contribution in [0.3, 0.4) is 0 Å². The smallest absolute Gasteiger partial charge is 0.267 e. The van der Waals surface area contributed by atoms with Crippen molar-refractivity contribution >= 4 is 36.4 Å². The maximum absolute atomic E-state index is 12.7. The third-order valence-electron chi connectivity index (χ3n) is 5.07. The second kappa shape index (κ2) is 11.3. The molecule has 158 valence electrons. The molecule has 2 amide bonds. The van der Waals surface area contributed by atoms with E-state index in [4.69, 9.17) is 5.21 Å². The summed E-state index contributed by atoms with van der Waals surface area (Å²) in [5.41, 5.74) is 5.30. The SMILES string of the molecule is Cc1ccccc1C1CCCN(C(=O)C=Cc2cccc(C=CC(=O)NO)n2)C1.Cl. The number of carbonyl (C=O) groups is 2. The van der Waals surface area contributed by atoms with Crippen molar-refractivity contribution in [1.82, 2.24) is 15.4 Å². The molecule has 3 rings (SSSR count). The Morgan fingerprint density at radius 1 is 1.10 bits per heavy atom. The van der Waals surface area contributed by atoms with E-state index in [-0.39, 0.29) is 18.3 Å². The zero-order valence-electron chi connectivity index (χ0n) is 16.8. The number of hydrogen-bond donors (Lipinski definition) is 2. The van der Waals surface area contributed by atoms with Gasteiger partial charge in [0.15, 0.2) is 0 Å². The number of nitrogens with zero attached hydrogens (tertiary/aromatic N) is 2. The number of aryl methyl sites for hydroxylation is 1. The minimum absolute atomic E-state index is 0. The Morgan fingerprint density at radius 2 is 1.80 bits per heavy atom. The number of piperidine rings is 1. The lowest BCUT2D eigenvalue weighted by Crippen LogP contribution is -2.38. The van der Waals surface area contributed by atoms with E-state index >= 15 is 0 Å². The summed E-state index contributed by atoms with van der Waals surface area (Å²) in [5, 5.41) is 8.52.